The van der Waals surface area contributed by atoms with Crippen molar-refractivity contribution in [2.24, 2.45) is 0 Å². The number of hydrogen-bond donors (Lipinski definition) is 1. The van der Waals surface area contributed by atoms with E-state index in [0.717, 1.165) is 18.5 Å². The summed E-state index contributed by atoms with van der Waals surface area (Å²) in [5.41, 5.74) is 1.68. The van der Waals surface area contributed by atoms with Gasteiger partial charge in [-0.1, -0.05) is 19.1 Å². The number of methoxy groups -OCH3 is 1. The Morgan fingerprint density at radius 3 is 2.79 bits per heavy atom. The van der Waals surface area contributed by atoms with Gasteiger partial charge in [-0.05, 0) is 25.0 Å². The zero-order valence-corrected chi connectivity index (χ0v) is 12.4. The monoisotopic (exact) mass is 268 g/mol. The van der Waals surface area contributed by atoms with Crippen LogP contribution < -0.4 is 10.2 Å². The van der Waals surface area contributed by atoms with Crippen LogP contribution in [-0.2, 0) is 11.3 Å². The lowest BCUT2D eigenvalue weighted by Crippen LogP contribution is -2.30. The van der Waals surface area contributed by atoms with E-state index in [2.05, 4.69) is 19.2 Å². The molecule has 19 heavy (non-hydrogen) atoms. The van der Waals surface area contributed by atoms with Crippen molar-refractivity contribution in [1.82, 2.24) is 5.32 Å². The van der Waals surface area contributed by atoms with Crippen LogP contribution in [-0.4, -0.2) is 33.4 Å². The van der Waals surface area contributed by atoms with Crippen molar-refractivity contribution in [3.63, 3.8) is 0 Å². The second kappa shape index (κ2) is 8.12. The maximum atomic E-state index is 14.1. The molecule has 3 nitrogen and oxygen atoms in total. The molecule has 0 spiro atoms. The van der Waals surface area contributed by atoms with Crippen molar-refractivity contribution in [1.29, 1.82) is 0 Å². The molecule has 0 radical (unpaired) electrons. The first-order valence-electron chi connectivity index (χ1n) is 6.81. The smallest absolute Gasteiger partial charge is 0.146 e. The summed E-state index contributed by atoms with van der Waals surface area (Å²) in [7, 11) is 3.62. The average Bonchev–Trinajstić information content (AvgIpc) is 2.42. The van der Waals surface area contributed by atoms with Crippen LogP contribution >= 0.6 is 0 Å². The van der Waals surface area contributed by atoms with Crippen LogP contribution in [0, 0.1) is 5.82 Å². The van der Waals surface area contributed by atoms with Crippen molar-refractivity contribution in [2.75, 3.05) is 32.2 Å². The number of benzene rings is 1. The molecule has 1 unspecified atom stereocenters. The van der Waals surface area contributed by atoms with Crippen molar-refractivity contribution in [2.45, 2.75) is 32.9 Å². The van der Waals surface area contributed by atoms with E-state index in [1.165, 1.54) is 6.07 Å². The molecular formula is C15H25FN2O. The highest BCUT2D eigenvalue weighted by molar-refractivity contribution is 5.55. The normalized spacial score (nSPS) is 12.5. The van der Waals surface area contributed by atoms with E-state index in [4.69, 9.17) is 4.74 Å². The number of rotatable bonds is 8. The van der Waals surface area contributed by atoms with Crippen molar-refractivity contribution >= 4 is 5.69 Å². The van der Waals surface area contributed by atoms with E-state index in [1.54, 1.807) is 13.2 Å². The zero-order valence-electron chi connectivity index (χ0n) is 12.4. The molecule has 4 heteroatoms. The van der Waals surface area contributed by atoms with Crippen LogP contribution in [0.1, 0.15) is 25.8 Å². The molecule has 0 saturated heterocycles. The van der Waals surface area contributed by atoms with Gasteiger partial charge in [0, 0.05) is 33.3 Å². The fraction of sp³-hybridized carbons (Fsp3) is 0.600. The summed E-state index contributed by atoms with van der Waals surface area (Å²) in [5.74, 6) is -0.158. The summed E-state index contributed by atoms with van der Waals surface area (Å²) < 4.78 is 19.1. The lowest BCUT2D eigenvalue weighted by Gasteiger charge is -2.28. The summed E-state index contributed by atoms with van der Waals surface area (Å²) in [4.78, 5) is 2.02. The molecule has 0 amide bonds. The number of halogens is 1. The van der Waals surface area contributed by atoms with Crippen LogP contribution in [0.5, 0.6) is 0 Å². The van der Waals surface area contributed by atoms with Gasteiger partial charge < -0.3 is 15.0 Å². The lowest BCUT2D eigenvalue weighted by atomic mass is 10.1. The molecule has 1 rings (SSSR count). The third-order valence-electron chi connectivity index (χ3n) is 3.47. The second-order valence-electron chi connectivity index (χ2n) is 4.79. The fourth-order valence-corrected chi connectivity index (χ4v) is 1.99. The first kappa shape index (κ1) is 15.9. The quantitative estimate of drug-likeness (QED) is 0.734. The maximum Gasteiger partial charge on any atom is 0.146 e. The van der Waals surface area contributed by atoms with Gasteiger partial charge in [-0.2, -0.15) is 0 Å². The van der Waals surface area contributed by atoms with Crippen LogP contribution in [0.3, 0.4) is 0 Å². The maximum absolute atomic E-state index is 14.1. The van der Waals surface area contributed by atoms with Gasteiger partial charge in [0.2, 0.25) is 0 Å². The van der Waals surface area contributed by atoms with Crippen LogP contribution in [0.2, 0.25) is 0 Å². The predicted molar refractivity (Wildman–Crippen MR) is 78.1 cm³/mol. The molecule has 0 aliphatic carbocycles. The number of para-hydroxylation sites is 1. The highest BCUT2D eigenvalue weighted by Gasteiger charge is 2.16. The molecule has 0 saturated carbocycles. The van der Waals surface area contributed by atoms with Crippen LogP contribution in [0.25, 0.3) is 0 Å². The van der Waals surface area contributed by atoms with E-state index in [-0.39, 0.29) is 5.82 Å². The highest BCUT2D eigenvalue weighted by atomic mass is 19.1. The minimum atomic E-state index is -0.158. The van der Waals surface area contributed by atoms with Gasteiger partial charge >= 0.3 is 0 Å². The van der Waals surface area contributed by atoms with Gasteiger partial charge in [0.05, 0.1) is 12.3 Å². The topological polar surface area (TPSA) is 24.5 Å². The number of nitrogens with one attached hydrogen (secondary N) is 1. The zero-order chi connectivity index (χ0) is 14.3. The molecule has 1 N–H and O–H groups in total. The third-order valence-corrected chi connectivity index (χ3v) is 3.47. The second-order valence-corrected chi connectivity index (χ2v) is 4.79. The molecule has 0 aromatic heterocycles. The number of anilines is 1. The first-order chi connectivity index (χ1) is 9.11. The molecule has 108 valence electrons. The van der Waals surface area contributed by atoms with Crippen LogP contribution in [0.4, 0.5) is 10.1 Å². The minimum Gasteiger partial charge on any atom is -0.383 e. The van der Waals surface area contributed by atoms with Crippen LogP contribution in [0.15, 0.2) is 18.2 Å². The van der Waals surface area contributed by atoms with Gasteiger partial charge in [0.25, 0.3) is 0 Å². The largest absolute Gasteiger partial charge is 0.383 e. The molecule has 1 aromatic carbocycles. The Kier molecular flexibility index (Phi) is 6.81. The molecule has 0 bridgehead atoms. The van der Waals surface area contributed by atoms with E-state index in [9.17, 15) is 4.39 Å². The number of ether oxygens (including phenoxy) is 1. The minimum absolute atomic E-state index is 0.158. The molecule has 0 aliphatic heterocycles. The van der Waals surface area contributed by atoms with Gasteiger partial charge in [-0.15, -0.1) is 0 Å². The van der Waals surface area contributed by atoms with E-state index >= 15 is 0 Å². The lowest BCUT2D eigenvalue weighted by molar-refractivity contribution is 0.199. The van der Waals surface area contributed by atoms with Crippen molar-refractivity contribution in [3.8, 4) is 0 Å². The SMILES string of the molecule is CCC(C)N(C)c1c(F)cccc1CNCCOC. The Labute approximate surface area is 115 Å². The number of hydrogen-bond acceptors (Lipinski definition) is 3. The summed E-state index contributed by atoms with van der Waals surface area (Å²) >= 11 is 0. The highest BCUT2D eigenvalue weighted by Crippen LogP contribution is 2.25. The van der Waals surface area contributed by atoms with Crippen molar-refractivity contribution < 1.29 is 9.13 Å². The van der Waals surface area contributed by atoms with E-state index < -0.39 is 0 Å². The van der Waals surface area contributed by atoms with Gasteiger partial charge in [-0.25, -0.2) is 4.39 Å². The fourth-order valence-electron chi connectivity index (χ4n) is 1.99. The average molecular weight is 268 g/mol. The molecule has 0 aliphatic rings. The molecular weight excluding hydrogens is 243 g/mol. The summed E-state index contributed by atoms with van der Waals surface area (Å²) in [6.45, 7) is 6.29. The van der Waals surface area contributed by atoms with E-state index in [0.29, 0.717) is 24.9 Å². The Morgan fingerprint density at radius 2 is 2.16 bits per heavy atom. The molecule has 1 atom stereocenters. The Hall–Kier alpha value is -1.13. The van der Waals surface area contributed by atoms with Gasteiger partial charge in [-0.3, -0.25) is 0 Å². The first-order valence-corrected chi connectivity index (χ1v) is 6.81. The van der Waals surface area contributed by atoms with E-state index in [1.807, 2.05) is 18.0 Å². The van der Waals surface area contributed by atoms with Gasteiger partial charge in [0.1, 0.15) is 5.82 Å². The molecule has 1 aromatic rings. The summed E-state index contributed by atoms with van der Waals surface area (Å²) in [6, 6.07) is 5.57. The molecule has 0 heterocycles. The molecule has 0 fully saturated rings. The van der Waals surface area contributed by atoms with Gasteiger partial charge in [0.15, 0.2) is 0 Å². The predicted octanol–water partition coefficient (Wildman–Crippen LogP) is 2.80. The summed E-state index contributed by atoms with van der Waals surface area (Å²) in [6.07, 6.45) is 0.987. The Bertz CT molecular complexity index is 384. The number of nitrogens with zero attached hydrogens (tertiary/aromatic N) is 1. The Balaban J connectivity index is 2.82. The third kappa shape index (κ3) is 4.48. The summed E-state index contributed by atoms with van der Waals surface area (Å²) in [5, 5.41) is 3.26. The standard InChI is InChI=1S/C15H25FN2O/c1-5-12(2)18(3)15-13(7-6-8-14(15)16)11-17-9-10-19-4/h6-8,12,17H,5,9-11H2,1-4H3. The Morgan fingerprint density at radius 1 is 1.42 bits per heavy atom. The van der Waals surface area contributed by atoms with Crippen molar-refractivity contribution in [3.05, 3.63) is 29.6 Å².